The number of hydrogen-bond acceptors (Lipinski definition) is 4. The summed E-state index contributed by atoms with van der Waals surface area (Å²) in [6, 6.07) is 5.46. The van der Waals surface area contributed by atoms with Gasteiger partial charge in [-0.25, -0.2) is 4.98 Å². The highest BCUT2D eigenvalue weighted by molar-refractivity contribution is 7.09. The molecule has 0 bridgehead atoms. The van der Waals surface area contributed by atoms with Gasteiger partial charge in [-0.05, 0) is 50.3 Å². The lowest BCUT2D eigenvalue weighted by atomic mass is 10.1. The van der Waals surface area contributed by atoms with Gasteiger partial charge in [0.05, 0.1) is 6.04 Å². The lowest BCUT2D eigenvalue weighted by molar-refractivity contribution is 0.0931. The van der Waals surface area contributed by atoms with Crippen LogP contribution in [0.15, 0.2) is 23.6 Å². The molecule has 5 heteroatoms. The lowest BCUT2D eigenvalue weighted by Gasteiger charge is -2.17. The standard InChI is InChI=1S/C16H19N3OS/c1-9-3-6-12(17)7-13(9)15(20)19-14(11-4-5-11)16-18-10(2)8-21-16/h3,6-8,11,14H,4-5,17H2,1-2H3,(H,19,20). The molecule has 3 rings (SSSR count). The quantitative estimate of drug-likeness (QED) is 0.852. The fourth-order valence-corrected chi connectivity index (χ4v) is 3.37. The average Bonchev–Trinajstić information content (AvgIpc) is 3.20. The summed E-state index contributed by atoms with van der Waals surface area (Å²) < 4.78 is 0. The van der Waals surface area contributed by atoms with Crippen LogP contribution in [-0.2, 0) is 0 Å². The second kappa shape index (κ2) is 5.48. The number of carbonyl (C=O) groups excluding carboxylic acids is 1. The molecule has 0 saturated heterocycles. The van der Waals surface area contributed by atoms with E-state index in [1.165, 1.54) is 0 Å². The third-order valence-corrected chi connectivity index (χ3v) is 4.83. The van der Waals surface area contributed by atoms with Gasteiger partial charge in [-0.3, -0.25) is 4.79 Å². The molecule has 1 amide bonds. The average molecular weight is 301 g/mol. The Bertz CT molecular complexity index is 676. The van der Waals surface area contributed by atoms with Crippen molar-refractivity contribution in [2.45, 2.75) is 32.7 Å². The van der Waals surface area contributed by atoms with E-state index in [0.717, 1.165) is 29.1 Å². The monoisotopic (exact) mass is 301 g/mol. The van der Waals surface area contributed by atoms with Crippen LogP contribution in [-0.4, -0.2) is 10.9 Å². The molecular formula is C16H19N3OS. The molecule has 1 aromatic heterocycles. The summed E-state index contributed by atoms with van der Waals surface area (Å²) in [4.78, 5) is 17.1. The van der Waals surface area contributed by atoms with E-state index in [9.17, 15) is 4.79 Å². The molecule has 0 spiro atoms. The van der Waals surface area contributed by atoms with Gasteiger partial charge in [-0.15, -0.1) is 11.3 Å². The van der Waals surface area contributed by atoms with Gasteiger partial charge in [0.2, 0.25) is 0 Å². The highest BCUT2D eigenvalue weighted by Gasteiger charge is 2.35. The largest absolute Gasteiger partial charge is 0.399 e. The van der Waals surface area contributed by atoms with E-state index >= 15 is 0 Å². The number of nitrogens with one attached hydrogen (secondary N) is 1. The van der Waals surface area contributed by atoms with E-state index in [0.29, 0.717) is 17.2 Å². The van der Waals surface area contributed by atoms with Crippen LogP contribution in [0.1, 0.15) is 45.5 Å². The number of nitrogen functional groups attached to an aromatic ring is 1. The van der Waals surface area contributed by atoms with E-state index in [1.807, 2.05) is 31.4 Å². The zero-order valence-electron chi connectivity index (χ0n) is 12.2. The van der Waals surface area contributed by atoms with Crippen molar-refractivity contribution >= 4 is 22.9 Å². The van der Waals surface area contributed by atoms with Crippen LogP contribution >= 0.6 is 11.3 Å². The number of aryl methyl sites for hydroxylation is 2. The zero-order chi connectivity index (χ0) is 15.0. The third kappa shape index (κ3) is 3.08. The van der Waals surface area contributed by atoms with Crippen molar-refractivity contribution in [1.29, 1.82) is 0 Å². The number of hydrogen-bond donors (Lipinski definition) is 2. The Labute approximate surface area is 128 Å². The van der Waals surface area contributed by atoms with E-state index in [1.54, 1.807) is 17.4 Å². The Hall–Kier alpha value is -1.88. The van der Waals surface area contributed by atoms with E-state index < -0.39 is 0 Å². The van der Waals surface area contributed by atoms with Crippen molar-refractivity contribution in [2.24, 2.45) is 5.92 Å². The molecule has 4 nitrogen and oxygen atoms in total. The van der Waals surface area contributed by atoms with Crippen molar-refractivity contribution in [3.8, 4) is 0 Å². The number of benzene rings is 1. The Morgan fingerprint density at radius 3 is 2.81 bits per heavy atom. The van der Waals surface area contributed by atoms with Crippen molar-refractivity contribution in [3.63, 3.8) is 0 Å². The second-order valence-corrected chi connectivity index (χ2v) is 6.58. The number of aromatic nitrogens is 1. The van der Waals surface area contributed by atoms with Gasteiger partial charge in [-0.2, -0.15) is 0 Å². The van der Waals surface area contributed by atoms with Crippen LogP contribution in [0.3, 0.4) is 0 Å². The first-order valence-electron chi connectivity index (χ1n) is 7.13. The Kier molecular flexibility index (Phi) is 3.68. The van der Waals surface area contributed by atoms with Crippen LogP contribution in [0.4, 0.5) is 5.69 Å². The van der Waals surface area contributed by atoms with Crippen LogP contribution in [0.5, 0.6) is 0 Å². The van der Waals surface area contributed by atoms with E-state index in [2.05, 4.69) is 10.3 Å². The molecule has 3 N–H and O–H groups in total. The zero-order valence-corrected chi connectivity index (χ0v) is 13.0. The first-order chi connectivity index (χ1) is 10.0. The first kappa shape index (κ1) is 14.1. The van der Waals surface area contributed by atoms with Crippen molar-refractivity contribution in [2.75, 3.05) is 5.73 Å². The summed E-state index contributed by atoms with van der Waals surface area (Å²) in [7, 11) is 0. The van der Waals surface area contributed by atoms with Crippen molar-refractivity contribution in [1.82, 2.24) is 10.3 Å². The Morgan fingerprint density at radius 2 is 2.19 bits per heavy atom. The maximum atomic E-state index is 12.6. The van der Waals surface area contributed by atoms with E-state index in [4.69, 9.17) is 5.73 Å². The minimum Gasteiger partial charge on any atom is -0.399 e. The molecule has 1 aliphatic rings. The van der Waals surface area contributed by atoms with Crippen molar-refractivity contribution < 1.29 is 4.79 Å². The predicted octanol–water partition coefficient (Wildman–Crippen LogP) is 3.22. The fourth-order valence-electron chi connectivity index (χ4n) is 2.43. The molecule has 1 aliphatic carbocycles. The highest BCUT2D eigenvalue weighted by atomic mass is 32.1. The van der Waals surface area contributed by atoms with Gasteiger partial charge in [0.25, 0.3) is 5.91 Å². The van der Waals surface area contributed by atoms with Crippen LogP contribution in [0, 0.1) is 19.8 Å². The topological polar surface area (TPSA) is 68.0 Å². The molecular weight excluding hydrogens is 282 g/mol. The normalized spacial score (nSPS) is 15.7. The van der Waals surface area contributed by atoms with Gasteiger partial charge >= 0.3 is 0 Å². The number of nitrogens with zero attached hydrogens (tertiary/aromatic N) is 1. The molecule has 1 heterocycles. The minimum atomic E-state index is -0.0652. The molecule has 1 saturated carbocycles. The van der Waals surface area contributed by atoms with Crippen molar-refractivity contribution in [3.05, 3.63) is 45.4 Å². The summed E-state index contributed by atoms with van der Waals surface area (Å²) in [6.45, 7) is 3.90. The summed E-state index contributed by atoms with van der Waals surface area (Å²) in [6.07, 6.45) is 2.30. The van der Waals surface area contributed by atoms with Gasteiger partial charge in [0.1, 0.15) is 5.01 Å². The molecule has 1 aromatic carbocycles. The minimum absolute atomic E-state index is 0.0250. The maximum Gasteiger partial charge on any atom is 0.252 e. The third-order valence-electron chi connectivity index (χ3n) is 3.79. The summed E-state index contributed by atoms with van der Waals surface area (Å²) in [5, 5.41) is 6.18. The molecule has 110 valence electrons. The number of thiazole rings is 1. The number of rotatable bonds is 4. The first-order valence-corrected chi connectivity index (χ1v) is 8.01. The number of amides is 1. The summed E-state index contributed by atoms with van der Waals surface area (Å²) in [5.74, 6) is 0.449. The predicted molar refractivity (Wildman–Crippen MR) is 85.4 cm³/mol. The molecule has 1 atom stereocenters. The van der Waals surface area contributed by atoms with Crippen LogP contribution in [0.25, 0.3) is 0 Å². The maximum absolute atomic E-state index is 12.6. The Morgan fingerprint density at radius 1 is 1.43 bits per heavy atom. The molecule has 1 fully saturated rings. The molecule has 0 aliphatic heterocycles. The fraction of sp³-hybridized carbons (Fsp3) is 0.375. The Balaban J connectivity index is 1.83. The number of anilines is 1. The SMILES string of the molecule is Cc1csc(C(NC(=O)c2cc(N)ccc2C)C2CC2)n1. The summed E-state index contributed by atoms with van der Waals surface area (Å²) in [5.41, 5.74) is 9.00. The second-order valence-electron chi connectivity index (χ2n) is 5.69. The molecule has 2 aromatic rings. The lowest BCUT2D eigenvalue weighted by Crippen LogP contribution is -2.30. The van der Waals surface area contributed by atoms with Gasteiger partial charge < -0.3 is 11.1 Å². The van der Waals surface area contributed by atoms with Gasteiger partial charge in [-0.1, -0.05) is 6.07 Å². The van der Waals surface area contributed by atoms with Crippen LogP contribution in [0.2, 0.25) is 0 Å². The van der Waals surface area contributed by atoms with Crippen LogP contribution < -0.4 is 11.1 Å². The molecule has 1 unspecified atom stereocenters. The number of nitrogens with two attached hydrogens (primary N) is 1. The number of carbonyl (C=O) groups is 1. The smallest absolute Gasteiger partial charge is 0.252 e. The molecule has 0 radical (unpaired) electrons. The summed E-state index contributed by atoms with van der Waals surface area (Å²) >= 11 is 1.62. The van der Waals surface area contributed by atoms with E-state index in [-0.39, 0.29) is 11.9 Å². The highest BCUT2D eigenvalue weighted by Crippen LogP contribution is 2.42. The molecule has 21 heavy (non-hydrogen) atoms. The van der Waals surface area contributed by atoms with Gasteiger partial charge in [0, 0.05) is 22.3 Å². The van der Waals surface area contributed by atoms with Gasteiger partial charge in [0.15, 0.2) is 0 Å².